The number of anilines is 1. The summed E-state index contributed by atoms with van der Waals surface area (Å²) in [4.78, 5) is 26.1. The SMILES string of the molecule is Nc1c2c(=O)[nH]c3ccccc3c2nn1-c1ccccc1OCC(=O)O. The van der Waals surface area contributed by atoms with Crippen LogP contribution in [0, 0.1) is 0 Å². The number of H-pyrrole nitrogens is 1. The number of aliphatic carboxylic acids is 1. The highest BCUT2D eigenvalue weighted by molar-refractivity contribution is 6.06. The number of pyridine rings is 1. The largest absolute Gasteiger partial charge is 0.480 e. The summed E-state index contributed by atoms with van der Waals surface area (Å²) in [5.74, 6) is -0.644. The molecule has 0 saturated carbocycles. The van der Waals surface area contributed by atoms with Crippen molar-refractivity contribution >= 4 is 33.6 Å². The number of ether oxygens (including phenoxy) is 1. The molecule has 0 aliphatic rings. The first-order chi connectivity index (χ1) is 12.6. The van der Waals surface area contributed by atoms with Crippen LogP contribution in [0.2, 0.25) is 0 Å². The van der Waals surface area contributed by atoms with Gasteiger partial charge in [0.05, 0.1) is 5.52 Å². The van der Waals surface area contributed by atoms with Crippen molar-refractivity contribution in [2.24, 2.45) is 0 Å². The number of nitrogen functional groups attached to an aromatic ring is 1. The molecule has 2 aromatic heterocycles. The third-order valence-electron chi connectivity index (χ3n) is 4.02. The number of fused-ring (bicyclic) bond motifs is 3. The molecule has 0 fully saturated rings. The van der Waals surface area contributed by atoms with Crippen LogP contribution in [-0.4, -0.2) is 32.4 Å². The van der Waals surface area contributed by atoms with Gasteiger partial charge in [0.1, 0.15) is 28.2 Å². The first-order valence-electron chi connectivity index (χ1n) is 7.79. The molecule has 2 aromatic carbocycles. The summed E-state index contributed by atoms with van der Waals surface area (Å²) in [5, 5.41) is 14.4. The van der Waals surface area contributed by atoms with Gasteiger partial charge in [-0.2, -0.15) is 5.10 Å². The van der Waals surface area contributed by atoms with Crippen molar-refractivity contribution < 1.29 is 14.6 Å². The second-order valence-corrected chi connectivity index (χ2v) is 5.67. The Morgan fingerprint density at radius 2 is 1.92 bits per heavy atom. The van der Waals surface area contributed by atoms with Crippen LogP contribution >= 0.6 is 0 Å². The molecule has 4 aromatic rings. The Labute approximate surface area is 146 Å². The number of hydrogen-bond acceptors (Lipinski definition) is 5. The third-order valence-corrected chi connectivity index (χ3v) is 4.02. The number of rotatable bonds is 4. The van der Waals surface area contributed by atoms with Crippen molar-refractivity contribution in [3.05, 3.63) is 58.9 Å². The van der Waals surface area contributed by atoms with Gasteiger partial charge in [0.2, 0.25) is 0 Å². The topological polar surface area (TPSA) is 123 Å². The van der Waals surface area contributed by atoms with E-state index in [1.165, 1.54) is 4.68 Å². The molecule has 0 unspecified atom stereocenters. The van der Waals surface area contributed by atoms with Crippen LogP contribution in [0.1, 0.15) is 0 Å². The van der Waals surface area contributed by atoms with Crippen molar-refractivity contribution in [2.45, 2.75) is 0 Å². The van der Waals surface area contributed by atoms with Gasteiger partial charge in [-0.05, 0) is 18.2 Å². The average molecular weight is 350 g/mol. The summed E-state index contributed by atoms with van der Waals surface area (Å²) in [6.07, 6.45) is 0. The molecule has 0 aliphatic carbocycles. The number of carbonyl (C=O) groups is 1. The van der Waals surface area contributed by atoms with Crippen molar-refractivity contribution in [1.29, 1.82) is 0 Å². The van der Waals surface area contributed by atoms with Crippen molar-refractivity contribution in [1.82, 2.24) is 14.8 Å². The third kappa shape index (κ3) is 2.44. The van der Waals surface area contributed by atoms with Crippen LogP contribution in [0.15, 0.2) is 53.3 Å². The van der Waals surface area contributed by atoms with Gasteiger partial charge < -0.3 is 20.6 Å². The van der Waals surface area contributed by atoms with Crippen molar-refractivity contribution in [2.75, 3.05) is 12.3 Å². The lowest BCUT2D eigenvalue weighted by molar-refractivity contribution is -0.139. The molecule has 0 radical (unpaired) electrons. The summed E-state index contributed by atoms with van der Waals surface area (Å²) in [6, 6.07) is 14.1. The molecule has 8 nitrogen and oxygen atoms in total. The Bertz CT molecular complexity index is 1210. The van der Waals surface area contributed by atoms with Crippen molar-refractivity contribution in [3.63, 3.8) is 0 Å². The highest BCUT2D eigenvalue weighted by Gasteiger charge is 2.18. The van der Waals surface area contributed by atoms with E-state index in [1.807, 2.05) is 18.2 Å². The summed E-state index contributed by atoms with van der Waals surface area (Å²) >= 11 is 0. The molecule has 4 N–H and O–H groups in total. The number of hydrogen-bond donors (Lipinski definition) is 3. The Kier molecular flexibility index (Phi) is 3.58. The Morgan fingerprint density at radius 3 is 2.73 bits per heavy atom. The molecule has 130 valence electrons. The van der Waals surface area contributed by atoms with E-state index in [4.69, 9.17) is 15.6 Å². The number of carboxylic acid groups (broad SMARTS) is 1. The lowest BCUT2D eigenvalue weighted by Crippen LogP contribution is -2.12. The van der Waals surface area contributed by atoms with E-state index in [0.717, 1.165) is 5.39 Å². The van der Waals surface area contributed by atoms with Gasteiger partial charge >= 0.3 is 5.97 Å². The number of aromatic amines is 1. The maximum atomic E-state index is 12.5. The zero-order valence-corrected chi connectivity index (χ0v) is 13.5. The number of para-hydroxylation sites is 3. The number of nitrogens with two attached hydrogens (primary N) is 1. The van der Waals surface area contributed by atoms with Gasteiger partial charge in [-0.3, -0.25) is 4.79 Å². The number of carboxylic acids is 1. The Balaban J connectivity index is 1.98. The smallest absolute Gasteiger partial charge is 0.341 e. The van der Waals surface area contributed by atoms with E-state index in [1.54, 1.807) is 30.3 Å². The lowest BCUT2D eigenvalue weighted by Gasteiger charge is -2.10. The number of nitrogens with zero attached hydrogens (tertiary/aromatic N) is 2. The summed E-state index contributed by atoms with van der Waals surface area (Å²) in [7, 11) is 0. The fourth-order valence-corrected chi connectivity index (χ4v) is 2.90. The van der Waals surface area contributed by atoms with E-state index in [9.17, 15) is 9.59 Å². The van der Waals surface area contributed by atoms with Crippen molar-refractivity contribution in [3.8, 4) is 11.4 Å². The molecule has 4 rings (SSSR count). The monoisotopic (exact) mass is 350 g/mol. The normalized spacial score (nSPS) is 11.1. The van der Waals surface area contributed by atoms with E-state index in [2.05, 4.69) is 10.1 Å². The molecule has 0 amide bonds. The maximum absolute atomic E-state index is 12.5. The number of nitrogens with one attached hydrogen (secondary N) is 1. The Morgan fingerprint density at radius 1 is 1.19 bits per heavy atom. The predicted molar refractivity (Wildman–Crippen MR) is 96.7 cm³/mol. The maximum Gasteiger partial charge on any atom is 0.341 e. The minimum Gasteiger partial charge on any atom is -0.480 e. The molecule has 26 heavy (non-hydrogen) atoms. The van der Waals surface area contributed by atoms with Crippen LogP contribution in [0.5, 0.6) is 5.75 Å². The zero-order chi connectivity index (χ0) is 18.3. The quantitative estimate of drug-likeness (QED) is 0.517. The second kappa shape index (κ2) is 5.92. The van der Waals surface area contributed by atoms with E-state index in [0.29, 0.717) is 22.5 Å². The van der Waals surface area contributed by atoms with Crippen LogP contribution in [0.25, 0.3) is 27.5 Å². The van der Waals surface area contributed by atoms with Crippen LogP contribution in [0.4, 0.5) is 5.82 Å². The molecule has 0 saturated heterocycles. The fourth-order valence-electron chi connectivity index (χ4n) is 2.90. The minimum atomic E-state index is -1.10. The van der Waals surface area contributed by atoms with E-state index < -0.39 is 12.6 Å². The van der Waals surface area contributed by atoms with E-state index in [-0.39, 0.29) is 16.8 Å². The predicted octanol–water partition coefficient (Wildman–Crippen LogP) is 1.91. The summed E-state index contributed by atoms with van der Waals surface area (Å²) < 4.78 is 6.71. The van der Waals surface area contributed by atoms with Crippen LogP contribution in [0.3, 0.4) is 0 Å². The number of benzene rings is 2. The van der Waals surface area contributed by atoms with Gasteiger partial charge in [-0.25, -0.2) is 9.48 Å². The molecular weight excluding hydrogens is 336 g/mol. The molecule has 0 atom stereocenters. The number of aromatic nitrogens is 3. The van der Waals surface area contributed by atoms with Gasteiger partial charge in [0.25, 0.3) is 5.56 Å². The van der Waals surface area contributed by atoms with E-state index >= 15 is 0 Å². The average Bonchev–Trinajstić information content (AvgIpc) is 2.98. The molecule has 0 aliphatic heterocycles. The summed E-state index contributed by atoms with van der Waals surface area (Å²) in [5.41, 5.74) is 7.43. The zero-order valence-electron chi connectivity index (χ0n) is 13.5. The molecule has 2 heterocycles. The second-order valence-electron chi connectivity index (χ2n) is 5.67. The molecule has 0 spiro atoms. The molecule has 8 heteroatoms. The minimum absolute atomic E-state index is 0.151. The lowest BCUT2D eigenvalue weighted by atomic mass is 10.1. The Hall–Kier alpha value is -3.81. The van der Waals surface area contributed by atoms with Crippen LogP contribution in [-0.2, 0) is 4.79 Å². The standard InChI is InChI=1S/C18H14N4O4/c19-17-15-16(10-5-1-2-6-11(10)20-18(15)25)21-22(17)12-7-3-4-8-13(12)26-9-14(23)24/h1-8H,9,19H2,(H,20,25)(H,23,24). The highest BCUT2D eigenvalue weighted by atomic mass is 16.5. The van der Waals surface area contributed by atoms with Crippen LogP contribution < -0.4 is 16.0 Å². The van der Waals surface area contributed by atoms with Gasteiger partial charge in [-0.1, -0.05) is 30.3 Å². The fraction of sp³-hybridized carbons (Fsp3) is 0.0556. The van der Waals surface area contributed by atoms with Gasteiger partial charge in [-0.15, -0.1) is 0 Å². The van der Waals surface area contributed by atoms with Gasteiger partial charge in [0.15, 0.2) is 6.61 Å². The first-order valence-corrected chi connectivity index (χ1v) is 7.79. The van der Waals surface area contributed by atoms with Gasteiger partial charge in [0, 0.05) is 5.39 Å². The molecular formula is C18H14N4O4. The molecule has 0 bridgehead atoms. The first kappa shape index (κ1) is 15.7. The highest BCUT2D eigenvalue weighted by Crippen LogP contribution is 2.30. The summed E-state index contributed by atoms with van der Waals surface area (Å²) in [6.45, 7) is -0.499.